The van der Waals surface area contributed by atoms with Gasteiger partial charge in [-0.3, -0.25) is 9.69 Å². The lowest BCUT2D eigenvalue weighted by Crippen LogP contribution is -2.41. The third-order valence-electron chi connectivity index (χ3n) is 4.66. The maximum Gasteiger partial charge on any atom is 0.271 e. The molecule has 1 aromatic rings. The van der Waals surface area contributed by atoms with Gasteiger partial charge in [0.15, 0.2) is 5.69 Å². The molecule has 0 saturated carbocycles. The van der Waals surface area contributed by atoms with Crippen LogP contribution in [0.2, 0.25) is 5.02 Å². The molecule has 0 spiro atoms. The maximum atomic E-state index is 12.4. The minimum atomic E-state index is -0.219. The fourth-order valence-corrected chi connectivity index (χ4v) is 3.40. The molecule has 6 nitrogen and oxygen atoms in total. The Balaban J connectivity index is 1.62. The van der Waals surface area contributed by atoms with Crippen LogP contribution < -0.4 is 10.2 Å². The predicted molar refractivity (Wildman–Crippen MR) is 91.1 cm³/mol. The molecule has 1 aromatic heterocycles. The van der Waals surface area contributed by atoms with E-state index >= 15 is 0 Å². The Morgan fingerprint density at radius 3 is 2.61 bits per heavy atom. The molecule has 1 amide bonds. The van der Waals surface area contributed by atoms with E-state index in [9.17, 15) is 4.79 Å². The first-order valence-electron chi connectivity index (χ1n) is 8.45. The summed E-state index contributed by atoms with van der Waals surface area (Å²) in [5.74, 6) is 0.383. The minimum Gasteiger partial charge on any atom is -0.349 e. The Morgan fingerprint density at radius 2 is 1.91 bits per heavy atom. The second kappa shape index (κ2) is 7.45. The van der Waals surface area contributed by atoms with Crippen LogP contribution in [-0.4, -0.2) is 59.5 Å². The van der Waals surface area contributed by atoms with Crippen molar-refractivity contribution in [2.75, 3.05) is 37.6 Å². The highest BCUT2D eigenvalue weighted by molar-refractivity contribution is 6.33. The molecule has 2 aliphatic heterocycles. The van der Waals surface area contributed by atoms with Gasteiger partial charge in [0, 0.05) is 25.7 Å². The summed E-state index contributed by atoms with van der Waals surface area (Å²) >= 11 is 6.13. The van der Waals surface area contributed by atoms with Crippen LogP contribution in [0.1, 0.15) is 43.1 Å². The summed E-state index contributed by atoms with van der Waals surface area (Å²) in [5.41, 5.74) is 0.275. The lowest BCUT2D eigenvalue weighted by molar-refractivity contribution is 0.0935. The molecule has 0 radical (unpaired) electrons. The molecule has 0 aliphatic carbocycles. The molecule has 1 atom stereocenters. The van der Waals surface area contributed by atoms with E-state index in [0.29, 0.717) is 23.6 Å². The number of carbonyl (C=O) groups is 1. The lowest BCUT2D eigenvalue weighted by Gasteiger charge is -2.24. The largest absolute Gasteiger partial charge is 0.349 e. The van der Waals surface area contributed by atoms with E-state index in [0.717, 1.165) is 39.0 Å². The molecule has 7 heteroatoms. The zero-order valence-electron chi connectivity index (χ0n) is 13.6. The van der Waals surface area contributed by atoms with Crippen LogP contribution in [0.3, 0.4) is 0 Å². The zero-order valence-corrected chi connectivity index (χ0v) is 14.3. The molecule has 0 bridgehead atoms. The SMILES string of the molecule is C[C@H](CNC(=O)c1nc(N2CCCC2)ncc1Cl)N1CCCC1. The van der Waals surface area contributed by atoms with Gasteiger partial charge < -0.3 is 10.2 Å². The number of aromatic nitrogens is 2. The van der Waals surface area contributed by atoms with Crippen molar-refractivity contribution in [3.8, 4) is 0 Å². The Morgan fingerprint density at radius 1 is 1.26 bits per heavy atom. The summed E-state index contributed by atoms with van der Waals surface area (Å²) in [6, 6.07) is 0.333. The highest BCUT2D eigenvalue weighted by Crippen LogP contribution is 2.20. The molecule has 0 unspecified atom stereocenters. The molecule has 2 aliphatic rings. The summed E-state index contributed by atoms with van der Waals surface area (Å²) in [7, 11) is 0. The fraction of sp³-hybridized carbons (Fsp3) is 0.688. The van der Waals surface area contributed by atoms with Gasteiger partial charge in [-0.2, -0.15) is 0 Å². The molecule has 2 fully saturated rings. The summed E-state index contributed by atoms with van der Waals surface area (Å²) in [5, 5.41) is 3.27. The third-order valence-corrected chi connectivity index (χ3v) is 4.93. The van der Waals surface area contributed by atoms with Crippen molar-refractivity contribution < 1.29 is 4.79 Å². The minimum absolute atomic E-state index is 0.219. The summed E-state index contributed by atoms with van der Waals surface area (Å²) < 4.78 is 0. The van der Waals surface area contributed by atoms with Crippen LogP contribution in [0.5, 0.6) is 0 Å². The number of hydrogen-bond donors (Lipinski definition) is 1. The number of carbonyl (C=O) groups excluding carboxylic acids is 1. The number of anilines is 1. The molecule has 0 aromatic carbocycles. The van der Waals surface area contributed by atoms with E-state index in [2.05, 4.69) is 32.0 Å². The summed E-state index contributed by atoms with van der Waals surface area (Å²) in [6.45, 7) is 6.86. The number of halogens is 1. The van der Waals surface area contributed by atoms with Gasteiger partial charge in [0.25, 0.3) is 5.91 Å². The van der Waals surface area contributed by atoms with E-state index in [-0.39, 0.29) is 11.6 Å². The Kier molecular flexibility index (Phi) is 5.33. The smallest absolute Gasteiger partial charge is 0.271 e. The molecule has 3 rings (SSSR count). The van der Waals surface area contributed by atoms with Crippen molar-refractivity contribution in [2.45, 2.75) is 38.6 Å². The lowest BCUT2D eigenvalue weighted by atomic mass is 10.3. The maximum absolute atomic E-state index is 12.4. The monoisotopic (exact) mass is 337 g/mol. The Labute approximate surface area is 142 Å². The Bertz CT molecular complexity index is 555. The zero-order chi connectivity index (χ0) is 16.2. The molecule has 3 heterocycles. The normalized spacial score (nSPS) is 20.0. The van der Waals surface area contributed by atoms with E-state index in [4.69, 9.17) is 11.6 Å². The van der Waals surface area contributed by atoms with Crippen LogP contribution in [0.25, 0.3) is 0 Å². The van der Waals surface area contributed by atoms with Crippen molar-refractivity contribution in [1.82, 2.24) is 20.2 Å². The van der Waals surface area contributed by atoms with Crippen LogP contribution in [0.15, 0.2) is 6.20 Å². The van der Waals surface area contributed by atoms with Crippen molar-refractivity contribution in [3.63, 3.8) is 0 Å². The number of rotatable bonds is 5. The van der Waals surface area contributed by atoms with Gasteiger partial charge in [-0.15, -0.1) is 0 Å². The second-order valence-corrected chi connectivity index (χ2v) is 6.77. The second-order valence-electron chi connectivity index (χ2n) is 6.36. The molecule has 2 saturated heterocycles. The number of nitrogens with one attached hydrogen (secondary N) is 1. The van der Waals surface area contributed by atoms with Crippen molar-refractivity contribution in [2.24, 2.45) is 0 Å². The first-order chi connectivity index (χ1) is 11.1. The van der Waals surface area contributed by atoms with Gasteiger partial charge in [0.05, 0.1) is 11.2 Å². The predicted octanol–water partition coefficient (Wildman–Crippen LogP) is 1.94. The van der Waals surface area contributed by atoms with Crippen LogP contribution in [0.4, 0.5) is 5.95 Å². The van der Waals surface area contributed by atoms with E-state index in [1.165, 1.54) is 19.0 Å². The summed E-state index contributed by atoms with van der Waals surface area (Å²) in [4.78, 5) is 25.6. The molecule has 1 N–H and O–H groups in total. The standard InChI is InChI=1S/C16H24ClN5O/c1-12(21-6-2-3-7-21)10-18-15(23)14-13(17)11-19-16(20-14)22-8-4-5-9-22/h11-12H,2-10H2,1H3,(H,18,23)/t12-/m1/s1. The molecule has 126 valence electrons. The Hall–Kier alpha value is -1.40. The average Bonchev–Trinajstić information content (AvgIpc) is 3.25. The fourth-order valence-electron chi connectivity index (χ4n) is 3.22. The van der Waals surface area contributed by atoms with Gasteiger partial charge in [0.2, 0.25) is 5.95 Å². The van der Waals surface area contributed by atoms with Gasteiger partial charge in [-0.1, -0.05) is 11.6 Å². The van der Waals surface area contributed by atoms with Gasteiger partial charge in [-0.05, 0) is 45.7 Å². The number of likely N-dealkylation sites (tertiary alicyclic amines) is 1. The summed E-state index contributed by atoms with van der Waals surface area (Å²) in [6.07, 6.45) is 6.30. The van der Waals surface area contributed by atoms with Gasteiger partial charge in [0.1, 0.15) is 0 Å². The highest BCUT2D eigenvalue weighted by Gasteiger charge is 2.22. The first-order valence-corrected chi connectivity index (χ1v) is 8.82. The van der Waals surface area contributed by atoms with E-state index < -0.39 is 0 Å². The van der Waals surface area contributed by atoms with Crippen molar-refractivity contribution in [1.29, 1.82) is 0 Å². The average molecular weight is 338 g/mol. The van der Waals surface area contributed by atoms with Crippen LogP contribution >= 0.6 is 11.6 Å². The molecular weight excluding hydrogens is 314 g/mol. The molecule has 23 heavy (non-hydrogen) atoms. The molecular formula is C16H24ClN5O. The van der Waals surface area contributed by atoms with Gasteiger partial charge in [-0.25, -0.2) is 9.97 Å². The van der Waals surface area contributed by atoms with Crippen LogP contribution in [0, 0.1) is 0 Å². The number of nitrogens with zero attached hydrogens (tertiary/aromatic N) is 4. The number of amides is 1. The van der Waals surface area contributed by atoms with Crippen LogP contribution in [-0.2, 0) is 0 Å². The van der Waals surface area contributed by atoms with Crippen molar-refractivity contribution >= 4 is 23.5 Å². The quantitative estimate of drug-likeness (QED) is 0.889. The third kappa shape index (κ3) is 3.93. The van der Waals surface area contributed by atoms with E-state index in [1.54, 1.807) is 0 Å². The topological polar surface area (TPSA) is 61.4 Å². The van der Waals surface area contributed by atoms with E-state index in [1.807, 2.05) is 0 Å². The van der Waals surface area contributed by atoms with Gasteiger partial charge >= 0.3 is 0 Å². The van der Waals surface area contributed by atoms with Crippen molar-refractivity contribution in [3.05, 3.63) is 16.9 Å². The highest BCUT2D eigenvalue weighted by atomic mass is 35.5. The first kappa shape index (κ1) is 16.5. The number of hydrogen-bond acceptors (Lipinski definition) is 5.